The molecule has 2 fully saturated rings. The minimum absolute atomic E-state index is 0.132. The predicted octanol–water partition coefficient (Wildman–Crippen LogP) is 1.12. The molecule has 16 heavy (non-hydrogen) atoms. The van der Waals surface area contributed by atoms with Crippen LogP contribution in [-0.2, 0) is 9.53 Å². The summed E-state index contributed by atoms with van der Waals surface area (Å²) in [5.41, 5.74) is -2.66. The summed E-state index contributed by atoms with van der Waals surface area (Å²) in [5.74, 6) is 0.397. The highest BCUT2D eigenvalue weighted by Gasteiger charge is 2.62. The first kappa shape index (κ1) is 12.2. The summed E-state index contributed by atoms with van der Waals surface area (Å²) in [6.45, 7) is 3.91. The van der Waals surface area contributed by atoms with Gasteiger partial charge >= 0.3 is 5.97 Å². The molecule has 0 saturated carbocycles. The Morgan fingerprint density at radius 1 is 1.44 bits per heavy atom. The van der Waals surface area contributed by atoms with Crippen molar-refractivity contribution >= 4 is 17.7 Å². The molecule has 0 aromatic rings. The Morgan fingerprint density at radius 2 is 2.12 bits per heavy atom. The monoisotopic (exact) mass is 246 g/mol. The number of hydrogen-bond acceptors (Lipinski definition) is 4. The fraction of sp³-hybridized carbons (Fsp3) is 0.909. The molecule has 5 heteroatoms. The topological polar surface area (TPSA) is 66.8 Å². The second kappa shape index (κ2) is 3.62. The van der Waals surface area contributed by atoms with Crippen molar-refractivity contribution in [3.63, 3.8) is 0 Å². The van der Waals surface area contributed by atoms with E-state index in [0.29, 0.717) is 18.6 Å². The first-order valence-electron chi connectivity index (χ1n) is 5.49. The molecule has 2 atom stereocenters. The van der Waals surface area contributed by atoms with E-state index in [0.717, 1.165) is 5.75 Å². The van der Waals surface area contributed by atoms with Gasteiger partial charge < -0.3 is 14.9 Å². The van der Waals surface area contributed by atoms with Crippen molar-refractivity contribution in [3.8, 4) is 0 Å². The van der Waals surface area contributed by atoms with E-state index in [1.165, 1.54) is 0 Å². The first-order chi connectivity index (χ1) is 7.31. The number of carboxylic acids is 1. The van der Waals surface area contributed by atoms with Gasteiger partial charge in [0.25, 0.3) is 0 Å². The zero-order valence-corrected chi connectivity index (χ0v) is 10.5. The summed E-state index contributed by atoms with van der Waals surface area (Å²) in [6.07, 6.45) is 0.926. The van der Waals surface area contributed by atoms with Crippen LogP contribution >= 0.6 is 11.8 Å². The third kappa shape index (κ3) is 1.65. The van der Waals surface area contributed by atoms with E-state index in [9.17, 15) is 15.0 Å². The lowest BCUT2D eigenvalue weighted by atomic mass is 9.69. The number of ether oxygens (including phenoxy) is 1. The Morgan fingerprint density at radius 3 is 2.50 bits per heavy atom. The molecule has 2 rings (SSSR count). The van der Waals surface area contributed by atoms with E-state index in [4.69, 9.17) is 4.74 Å². The number of aliphatic hydroxyl groups is 1. The SMILES string of the molecule is CC1(C)CC(O)(C2(C(=O)O)CCSC2)CO1. The van der Waals surface area contributed by atoms with Gasteiger partial charge in [0.15, 0.2) is 0 Å². The molecule has 92 valence electrons. The summed E-state index contributed by atoms with van der Waals surface area (Å²) >= 11 is 1.60. The maximum atomic E-state index is 11.5. The van der Waals surface area contributed by atoms with Crippen LogP contribution in [0.15, 0.2) is 0 Å². The number of carbonyl (C=O) groups is 1. The molecule has 0 aromatic heterocycles. The Balaban J connectivity index is 2.31. The Bertz CT molecular complexity index is 309. The Kier molecular flexibility index (Phi) is 2.76. The standard InChI is InChI=1S/C11H18O4S/c1-9(2)5-11(14,6-15-9)10(8(12)13)3-4-16-7-10/h14H,3-7H2,1-2H3,(H,12,13). The molecular weight excluding hydrogens is 228 g/mol. The van der Waals surface area contributed by atoms with Gasteiger partial charge in [-0.1, -0.05) is 0 Å². The molecule has 0 bridgehead atoms. The highest BCUT2D eigenvalue weighted by Crippen LogP contribution is 2.51. The van der Waals surface area contributed by atoms with Gasteiger partial charge in [0, 0.05) is 12.2 Å². The number of rotatable bonds is 2. The Hall–Kier alpha value is -0.260. The van der Waals surface area contributed by atoms with Crippen LogP contribution in [0.1, 0.15) is 26.7 Å². The lowest BCUT2D eigenvalue weighted by molar-refractivity contribution is -0.165. The van der Waals surface area contributed by atoms with E-state index >= 15 is 0 Å². The third-order valence-electron chi connectivity index (χ3n) is 3.74. The van der Waals surface area contributed by atoms with Crippen molar-refractivity contribution in [2.24, 2.45) is 5.41 Å². The first-order valence-corrected chi connectivity index (χ1v) is 6.64. The van der Waals surface area contributed by atoms with Crippen molar-refractivity contribution in [3.05, 3.63) is 0 Å². The van der Waals surface area contributed by atoms with Crippen LogP contribution in [0.2, 0.25) is 0 Å². The normalized spacial score (nSPS) is 42.4. The third-order valence-corrected chi connectivity index (χ3v) is 4.93. The van der Waals surface area contributed by atoms with Gasteiger partial charge in [-0.15, -0.1) is 0 Å². The second-order valence-corrected chi connectivity index (χ2v) is 6.55. The summed E-state index contributed by atoms with van der Waals surface area (Å²) < 4.78 is 5.52. The van der Waals surface area contributed by atoms with Crippen molar-refractivity contribution in [1.29, 1.82) is 0 Å². The molecular formula is C11H18O4S. The zero-order chi connectivity index (χ0) is 12.0. The average Bonchev–Trinajstić information content (AvgIpc) is 2.72. The van der Waals surface area contributed by atoms with Gasteiger partial charge in [-0.3, -0.25) is 4.79 Å². The van der Waals surface area contributed by atoms with E-state index in [-0.39, 0.29) is 6.61 Å². The van der Waals surface area contributed by atoms with Crippen molar-refractivity contribution in [2.75, 3.05) is 18.1 Å². The lowest BCUT2D eigenvalue weighted by Gasteiger charge is -2.38. The molecule has 2 aliphatic heterocycles. The smallest absolute Gasteiger partial charge is 0.313 e. The second-order valence-electron chi connectivity index (χ2n) is 5.45. The van der Waals surface area contributed by atoms with Crippen molar-refractivity contribution in [1.82, 2.24) is 0 Å². The highest BCUT2D eigenvalue weighted by atomic mass is 32.2. The highest BCUT2D eigenvalue weighted by molar-refractivity contribution is 7.99. The van der Waals surface area contributed by atoms with Crippen molar-refractivity contribution < 1.29 is 19.7 Å². The quantitative estimate of drug-likeness (QED) is 0.764. The molecule has 2 N–H and O–H groups in total. The molecule has 2 unspecified atom stereocenters. The maximum absolute atomic E-state index is 11.5. The molecule has 0 radical (unpaired) electrons. The van der Waals surface area contributed by atoms with E-state index in [1.807, 2.05) is 13.8 Å². The molecule has 0 spiro atoms. The predicted molar refractivity (Wildman–Crippen MR) is 61.6 cm³/mol. The van der Waals surface area contributed by atoms with Gasteiger partial charge in [0.05, 0.1) is 12.2 Å². The average molecular weight is 246 g/mol. The number of thioether (sulfide) groups is 1. The minimum atomic E-state index is -1.22. The summed E-state index contributed by atoms with van der Waals surface area (Å²) in [6, 6.07) is 0. The molecule has 4 nitrogen and oxygen atoms in total. The summed E-state index contributed by atoms with van der Waals surface area (Å²) in [5, 5.41) is 20.1. The molecule has 0 aliphatic carbocycles. The van der Waals surface area contributed by atoms with Crippen LogP contribution < -0.4 is 0 Å². The van der Waals surface area contributed by atoms with Crippen LogP contribution in [0.25, 0.3) is 0 Å². The van der Waals surface area contributed by atoms with Crippen LogP contribution in [-0.4, -0.2) is 45.5 Å². The van der Waals surface area contributed by atoms with Gasteiger partial charge in [-0.25, -0.2) is 0 Å². The van der Waals surface area contributed by atoms with Gasteiger partial charge in [-0.05, 0) is 26.0 Å². The van der Waals surface area contributed by atoms with E-state index in [2.05, 4.69) is 0 Å². The maximum Gasteiger partial charge on any atom is 0.313 e. The number of aliphatic carboxylic acids is 1. The number of carboxylic acid groups (broad SMARTS) is 1. The summed E-state index contributed by atoms with van der Waals surface area (Å²) in [4.78, 5) is 11.5. The Labute approximate surface area is 99.4 Å². The minimum Gasteiger partial charge on any atom is -0.481 e. The van der Waals surface area contributed by atoms with Crippen LogP contribution in [0, 0.1) is 5.41 Å². The fourth-order valence-corrected chi connectivity index (χ4v) is 4.25. The molecule has 2 heterocycles. The van der Waals surface area contributed by atoms with Gasteiger partial charge in [-0.2, -0.15) is 11.8 Å². The molecule has 0 aromatic carbocycles. The van der Waals surface area contributed by atoms with Crippen LogP contribution in [0.4, 0.5) is 0 Å². The molecule has 2 aliphatic rings. The lowest BCUT2D eigenvalue weighted by Crippen LogP contribution is -2.54. The van der Waals surface area contributed by atoms with E-state index < -0.39 is 22.6 Å². The number of hydrogen-bond donors (Lipinski definition) is 2. The van der Waals surface area contributed by atoms with Crippen LogP contribution in [0.5, 0.6) is 0 Å². The zero-order valence-electron chi connectivity index (χ0n) is 9.65. The van der Waals surface area contributed by atoms with Gasteiger partial charge in [0.1, 0.15) is 11.0 Å². The van der Waals surface area contributed by atoms with Crippen molar-refractivity contribution in [2.45, 2.75) is 37.9 Å². The van der Waals surface area contributed by atoms with Gasteiger partial charge in [0.2, 0.25) is 0 Å². The largest absolute Gasteiger partial charge is 0.481 e. The molecule has 0 amide bonds. The summed E-state index contributed by atoms with van der Waals surface area (Å²) in [7, 11) is 0. The van der Waals surface area contributed by atoms with E-state index in [1.54, 1.807) is 11.8 Å². The van der Waals surface area contributed by atoms with Crippen LogP contribution in [0.3, 0.4) is 0 Å². The fourth-order valence-electron chi connectivity index (χ4n) is 2.73. The molecule has 2 saturated heterocycles.